The highest BCUT2D eigenvalue weighted by Gasteiger charge is 2.14. The van der Waals surface area contributed by atoms with Crippen molar-refractivity contribution in [2.75, 3.05) is 13.7 Å². The molecule has 1 aromatic carbocycles. The molecule has 0 spiro atoms. The van der Waals surface area contributed by atoms with Gasteiger partial charge < -0.3 is 14.5 Å². The number of furan rings is 1. The summed E-state index contributed by atoms with van der Waals surface area (Å²) in [6.07, 6.45) is 2.23. The van der Waals surface area contributed by atoms with Crippen LogP contribution in [0.15, 0.2) is 28.7 Å². The Labute approximate surface area is 108 Å². The first-order valence-electron chi connectivity index (χ1n) is 6.59. The average Bonchev–Trinajstić information content (AvgIpc) is 2.81. The van der Waals surface area contributed by atoms with Crippen LogP contribution in [0, 0.1) is 0 Å². The molecule has 0 saturated carbocycles. The molecule has 0 aliphatic rings. The van der Waals surface area contributed by atoms with Crippen LogP contribution >= 0.6 is 0 Å². The van der Waals surface area contributed by atoms with Crippen LogP contribution in [0.25, 0.3) is 11.0 Å². The zero-order chi connectivity index (χ0) is 13.0. The van der Waals surface area contributed by atoms with Gasteiger partial charge >= 0.3 is 0 Å². The van der Waals surface area contributed by atoms with Gasteiger partial charge in [0.05, 0.1) is 13.2 Å². The fourth-order valence-electron chi connectivity index (χ4n) is 2.22. The van der Waals surface area contributed by atoms with E-state index in [1.165, 1.54) is 0 Å². The second kappa shape index (κ2) is 5.91. The summed E-state index contributed by atoms with van der Waals surface area (Å²) in [5.41, 5.74) is 0.921. The Morgan fingerprint density at radius 1 is 1.28 bits per heavy atom. The molecule has 2 rings (SSSR count). The minimum Gasteiger partial charge on any atom is -0.497 e. The van der Waals surface area contributed by atoms with Crippen molar-refractivity contribution in [3.8, 4) is 5.75 Å². The van der Waals surface area contributed by atoms with Gasteiger partial charge in [-0.05, 0) is 37.2 Å². The molecule has 0 amide bonds. The number of benzene rings is 1. The quantitative estimate of drug-likeness (QED) is 0.840. The van der Waals surface area contributed by atoms with Crippen molar-refractivity contribution in [3.05, 3.63) is 30.0 Å². The second-order valence-corrected chi connectivity index (χ2v) is 4.45. The highest BCUT2D eigenvalue weighted by atomic mass is 16.5. The number of rotatable bonds is 6. The van der Waals surface area contributed by atoms with Crippen LogP contribution in [0.3, 0.4) is 0 Å². The topological polar surface area (TPSA) is 34.4 Å². The lowest BCUT2D eigenvalue weighted by Gasteiger charge is -2.13. The minimum absolute atomic E-state index is 0.304. The lowest BCUT2D eigenvalue weighted by molar-refractivity contribution is 0.412. The molecule has 18 heavy (non-hydrogen) atoms. The van der Waals surface area contributed by atoms with E-state index < -0.39 is 0 Å². The predicted octanol–water partition coefficient (Wildman–Crippen LogP) is 3.89. The van der Waals surface area contributed by atoms with Gasteiger partial charge in [-0.15, -0.1) is 0 Å². The molecule has 0 fully saturated rings. The van der Waals surface area contributed by atoms with Gasteiger partial charge in [-0.2, -0.15) is 0 Å². The van der Waals surface area contributed by atoms with Gasteiger partial charge in [0.25, 0.3) is 0 Å². The maximum atomic E-state index is 5.92. The van der Waals surface area contributed by atoms with E-state index in [0.29, 0.717) is 6.04 Å². The Kier molecular flexibility index (Phi) is 4.26. The van der Waals surface area contributed by atoms with Crippen molar-refractivity contribution in [3.63, 3.8) is 0 Å². The second-order valence-electron chi connectivity index (χ2n) is 4.45. The first-order valence-corrected chi connectivity index (χ1v) is 6.59. The highest BCUT2D eigenvalue weighted by molar-refractivity contribution is 5.79. The SMILES string of the molecule is CCCC(NCC)c1cc2cc(OC)ccc2o1. The molecule has 0 aliphatic carbocycles. The third-order valence-electron chi connectivity index (χ3n) is 3.11. The van der Waals surface area contributed by atoms with Crippen molar-refractivity contribution in [1.82, 2.24) is 5.32 Å². The minimum atomic E-state index is 0.304. The summed E-state index contributed by atoms with van der Waals surface area (Å²) < 4.78 is 11.1. The number of ether oxygens (including phenoxy) is 1. The molecule has 0 bridgehead atoms. The molecule has 1 unspecified atom stereocenters. The van der Waals surface area contributed by atoms with Gasteiger partial charge in [-0.25, -0.2) is 0 Å². The van der Waals surface area contributed by atoms with E-state index in [-0.39, 0.29) is 0 Å². The molecule has 3 nitrogen and oxygen atoms in total. The zero-order valence-corrected chi connectivity index (χ0v) is 11.3. The van der Waals surface area contributed by atoms with Gasteiger partial charge in [-0.3, -0.25) is 0 Å². The number of hydrogen-bond acceptors (Lipinski definition) is 3. The first-order chi connectivity index (χ1) is 8.78. The van der Waals surface area contributed by atoms with Gasteiger partial charge in [0.1, 0.15) is 17.1 Å². The summed E-state index contributed by atoms with van der Waals surface area (Å²) in [7, 11) is 1.68. The monoisotopic (exact) mass is 247 g/mol. The number of nitrogens with one attached hydrogen (secondary N) is 1. The predicted molar refractivity (Wildman–Crippen MR) is 74.1 cm³/mol. The fraction of sp³-hybridized carbons (Fsp3) is 0.467. The van der Waals surface area contributed by atoms with Crippen LogP contribution in [0.4, 0.5) is 0 Å². The highest BCUT2D eigenvalue weighted by Crippen LogP contribution is 2.28. The number of fused-ring (bicyclic) bond motifs is 1. The molecule has 1 heterocycles. The van der Waals surface area contributed by atoms with Crippen LogP contribution < -0.4 is 10.1 Å². The third kappa shape index (κ3) is 2.67. The van der Waals surface area contributed by atoms with Gasteiger partial charge in [-0.1, -0.05) is 20.3 Å². The van der Waals surface area contributed by atoms with Crippen molar-refractivity contribution in [2.45, 2.75) is 32.7 Å². The van der Waals surface area contributed by atoms with Crippen LogP contribution in [0.2, 0.25) is 0 Å². The smallest absolute Gasteiger partial charge is 0.134 e. The summed E-state index contributed by atoms with van der Waals surface area (Å²) in [5, 5.41) is 4.56. The molecule has 0 aliphatic heterocycles. The maximum Gasteiger partial charge on any atom is 0.134 e. The first kappa shape index (κ1) is 13.0. The van der Waals surface area contributed by atoms with Crippen LogP contribution in [0.1, 0.15) is 38.5 Å². The summed E-state index contributed by atoms with van der Waals surface area (Å²) in [6.45, 7) is 5.26. The van der Waals surface area contributed by atoms with E-state index in [2.05, 4.69) is 25.2 Å². The Morgan fingerprint density at radius 3 is 2.78 bits per heavy atom. The van der Waals surface area contributed by atoms with Crippen LogP contribution in [0.5, 0.6) is 5.75 Å². The standard InChI is InChI=1S/C15H21NO2/c1-4-6-13(16-5-2)15-10-11-9-12(17-3)7-8-14(11)18-15/h7-10,13,16H,4-6H2,1-3H3. The van der Waals surface area contributed by atoms with Crippen molar-refractivity contribution >= 4 is 11.0 Å². The van der Waals surface area contributed by atoms with Crippen LogP contribution in [-0.2, 0) is 0 Å². The lowest BCUT2D eigenvalue weighted by Crippen LogP contribution is -2.20. The normalized spacial score (nSPS) is 12.8. The molecule has 2 aromatic rings. The molecule has 1 atom stereocenters. The van der Waals surface area contributed by atoms with Gasteiger partial charge in [0.15, 0.2) is 0 Å². The van der Waals surface area contributed by atoms with Crippen molar-refractivity contribution in [2.24, 2.45) is 0 Å². The molecule has 0 radical (unpaired) electrons. The molecular weight excluding hydrogens is 226 g/mol. The summed E-state index contributed by atoms with van der Waals surface area (Å²) >= 11 is 0. The Hall–Kier alpha value is -1.48. The summed E-state index contributed by atoms with van der Waals surface area (Å²) in [5.74, 6) is 1.88. The fourth-order valence-corrected chi connectivity index (χ4v) is 2.22. The third-order valence-corrected chi connectivity index (χ3v) is 3.11. The molecule has 1 N–H and O–H groups in total. The zero-order valence-electron chi connectivity index (χ0n) is 11.3. The van der Waals surface area contributed by atoms with Crippen LogP contribution in [-0.4, -0.2) is 13.7 Å². The van der Waals surface area contributed by atoms with E-state index in [1.807, 2.05) is 18.2 Å². The molecule has 1 aromatic heterocycles. The number of hydrogen-bond donors (Lipinski definition) is 1. The van der Waals surface area contributed by atoms with Gasteiger partial charge in [0, 0.05) is 5.39 Å². The van der Waals surface area contributed by atoms with E-state index in [4.69, 9.17) is 9.15 Å². The summed E-state index contributed by atoms with van der Waals surface area (Å²) in [4.78, 5) is 0. The largest absolute Gasteiger partial charge is 0.497 e. The Bertz CT molecular complexity index is 498. The van der Waals surface area contributed by atoms with Crippen molar-refractivity contribution < 1.29 is 9.15 Å². The lowest BCUT2D eigenvalue weighted by atomic mass is 10.1. The van der Waals surface area contributed by atoms with E-state index in [0.717, 1.165) is 41.9 Å². The van der Waals surface area contributed by atoms with E-state index >= 15 is 0 Å². The van der Waals surface area contributed by atoms with Crippen molar-refractivity contribution in [1.29, 1.82) is 0 Å². The Balaban J connectivity index is 2.32. The van der Waals surface area contributed by atoms with E-state index in [1.54, 1.807) is 7.11 Å². The molecule has 3 heteroatoms. The number of methoxy groups -OCH3 is 1. The van der Waals surface area contributed by atoms with E-state index in [9.17, 15) is 0 Å². The van der Waals surface area contributed by atoms with Gasteiger partial charge in [0.2, 0.25) is 0 Å². The molecule has 98 valence electrons. The summed E-state index contributed by atoms with van der Waals surface area (Å²) in [6, 6.07) is 8.32. The Morgan fingerprint density at radius 2 is 2.11 bits per heavy atom. The maximum absolute atomic E-state index is 5.92. The molecular formula is C15H21NO2. The molecule has 0 saturated heterocycles. The average molecular weight is 247 g/mol.